The van der Waals surface area contributed by atoms with Crippen LogP contribution in [0.2, 0.25) is 0 Å². The molecule has 2 atom stereocenters. The average molecular weight is 678 g/mol. The minimum Gasteiger partial charge on any atom is -0.493 e. The number of methoxy groups -OCH3 is 4. The second-order valence-corrected chi connectivity index (χ2v) is 12.1. The Bertz CT molecular complexity index is 1660. The normalized spacial score (nSPS) is 14.3. The van der Waals surface area contributed by atoms with Gasteiger partial charge < -0.3 is 43.2 Å². The monoisotopic (exact) mass is 677 g/mol. The Morgan fingerprint density at radius 2 is 1.59 bits per heavy atom. The van der Waals surface area contributed by atoms with Gasteiger partial charge in [-0.2, -0.15) is 0 Å². The highest BCUT2D eigenvalue weighted by Crippen LogP contribution is 2.47. The summed E-state index contributed by atoms with van der Waals surface area (Å²) in [7, 11) is 5.83. The van der Waals surface area contributed by atoms with Gasteiger partial charge in [-0.15, -0.1) is 0 Å². The van der Waals surface area contributed by atoms with E-state index in [1.54, 1.807) is 75.4 Å². The number of carbonyl (C=O) groups excluding carboxylic acids is 3. The molecule has 0 aromatic heterocycles. The molecule has 1 unspecified atom stereocenters. The van der Waals surface area contributed by atoms with E-state index in [0.717, 1.165) is 5.56 Å². The van der Waals surface area contributed by atoms with Gasteiger partial charge in [0.1, 0.15) is 35.3 Å². The Labute approximate surface area is 286 Å². The first-order chi connectivity index (χ1) is 23.4. The highest BCUT2D eigenvalue weighted by molar-refractivity contribution is 6.05. The van der Waals surface area contributed by atoms with Crippen molar-refractivity contribution in [2.45, 2.75) is 45.3 Å². The zero-order valence-corrected chi connectivity index (χ0v) is 28.9. The van der Waals surface area contributed by atoms with Gasteiger partial charge in [-0.3, -0.25) is 4.79 Å². The Morgan fingerprint density at radius 3 is 2.20 bits per heavy atom. The number of rotatable bonds is 14. The lowest BCUT2D eigenvalue weighted by Gasteiger charge is -2.27. The Morgan fingerprint density at radius 1 is 0.918 bits per heavy atom. The second-order valence-electron chi connectivity index (χ2n) is 12.1. The van der Waals surface area contributed by atoms with E-state index in [2.05, 4.69) is 11.9 Å². The summed E-state index contributed by atoms with van der Waals surface area (Å²) in [6.07, 6.45) is 1.22. The molecule has 0 saturated carbocycles. The predicted molar refractivity (Wildman–Crippen MR) is 181 cm³/mol. The first-order valence-corrected chi connectivity index (χ1v) is 15.6. The maximum absolute atomic E-state index is 13.8. The van der Waals surface area contributed by atoms with Crippen molar-refractivity contribution in [2.75, 3.05) is 41.7 Å². The lowest BCUT2D eigenvalue weighted by Crippen LogP contribution is -2.46. The molecule has 3 aromatic carbocycles. The van der Waals surface area contributed by atoms with Crippen molar-refractivity contribution in [3.05, 3.63) is 77.9 Å². The molecule has 4 rings (SSSR count). The van der Waals surface area contributed by atoms with E-state index in [9.17, 15) is 14.4 Å². The number of amides is 1. The van der Waals surface area contributed by atoms with E-state index in [1.807, 2.05) is 0 Å². The molecule has 1 aliphatic heterocycles. The fraction of sp³-hybridized carbons (Fsp3) is 0.378. The maximum Gasteiger partial charge on any atom is 0.408 e. The Balaban J connectivity index is 1.57. The molecule has 1 heterocycles. The number of fused-ring (bicyclic) bond motifs is 1. The van der Waals surface area contributed by atoms with Gasteiger partial charge in [-0.05, 0) is 62.6 Å². The van der Waals surface area contributed by atoms with Crippen molar-refractivity contribution in [1.82, 2.24) is 5.32 Å². The Hall–Kier alpha value is -5.39. The minimum atomic E-state index is -1.12. The summed E-state index contributed by atoms with van der Waals surface area (Å²) < 4.78 is 44.7. The van der Waals surface area contributed by atoms with Crippen LogP contribution in [0.25, 0.3) is 0 Å². The molecule has 0 aliphatic carbocycles. The van der Waals surface area contributed by atoms with E-state index in [-0.39, 0.29) is 53.8 Å². The molecular weight excluding hydrogens is 634 g/mol. The number of hydrogen-bond donors (Lipinski definition) is 1. The van der Waals surface area contributed by atoms with Gasteiger partial charge in [-0.1, -0.05) is 30.9 Å². The summed E-state index contributed by atoms with van der Waals surface area (Å²) in [5.41, 5.74) is 0.890. The molecule has 49 heavy (non-hydrogen) atoms. The van der Waals surface area contributed by atoms with E-state index in [0.29, 0.717) is 29.4 Å². The van der Waals surface area contributed by atoms with Crippen LogP contribution in [0.15, 0.2) is 61.2 Å². The van der Waals surface area contributed by atoms with Crippen molar-refractivity contribution in [3.8, 4) is 40.2 Å². The Kier molecular flexibility index (Phi) is 12.0. The second kappa shape index (κ2) is 16.1. The minimum absolute atomic E-state index is 0.102. The molecule has 0 saturated heterocycles. The largest absolute Gasteiger partial charge is 0.493 e. The lowest BCUT2D eigenvalue weighted by atomic mass is 9.88. The SMILES string of the molecule is C=CCOc1ccc(C[C@H](NC(=O)OC(C)(C)C)C(=O)Oc2cc(CC3COc4cc(OC)c(OC)c(OC)c4C3=O)ccc2OC)cc1. The number of Topliss-reactive ketones (excluding diaryl/α,β-unsaturated/α-hetero) is 1. The number of esters is 1. The molecule has 1 N–H and O–H groups in total. The molecule has 0 bridgehead atoms. The van der Waals surface area contributed by atoms with E-state index >= 15 is 0 Å². The molecule has 1 amide bonds. The van der Waals surface area contributed by atoms with Crippen molar-refractivity contribution in [3.63, 3.8) is 0 Å². The average Bonchev–Trinajstić information content (AvgIpc) is 3.07. The molecule has 3 aromatic rings. The third-order valence-corrected chi connectivity index (χ3v) is 7.48. The molecule has 12 nitrogen and oxygen atoms in total. The van der Waals surface area contributed by atoms with Gasteiger partial charge >= 0.3 is 12.1 Å². The van der Waals surface area contributed by atoms with Gasteiger partial charge in [0.15, 0.2) is 28.8 Å². The summed E-state index contributed by atoms with van der Waals surface area (Å²) in [6.45, 7) is 9.27. The number of ketones is 1. The van der Waals surface area contributed by atoms with Gasteiger partial charge in [0, 0.05) is 12.5 Å². The van der Waals surface area contributed by atoms with Crippen LogP contribution >= 0.6 is 0 Å². The van der Waals surface area contributed by atoms with Crippen molar-refractivity contribution in [1.29, 1.82) is 0 Å². The van der Waals surface area contributed by atoms with E-state index in [1.165, 1.54) is 28.4 Å². The molecule has 0 fully saturated rings. The fourth-order valence-corrected chi connectivity index (χ4v) is 5.25. The van der Waals surface area contributed by atoms with Crippen LogP contribution in [-0.2, 0) is 22.4 Å². The number of ether oxygens (including phenoxy) is 8. The summed E-state index contributed by atoms with van der Waals surface area (Å²) in [4.78, 5) is 40.2. The maximum atomic E-state index is 13.8. The number of nitrogens with one attached hydrogen (secondary N) is 1. The zero-order chi connectivity index (χ0) is 35.7. The molecule has 0 spiro atoms. The lowest BCUT2D eigenvalue weighted by molar-refractivity contribution is -0.136. The van der Waals surface area contributed by atoms with E-state index < -0.39 is 29.6 Å². The summed E-state index contributed by atoms with van der Waals surface area (Å²) >= 11 is 0. The highest BCUT2D eigenvalue weighted by atomic mass is 16.6. The first kappa shape index (κ1) is 36.4. The summed E-state index contributed by atoms with van der Waals surface area (Å²) in [5.74, 6) is 0.714. The third-order valence-electron chi connectivity index (χ3n) is 7.48. The number of alkyl carbamates (subject to hydrolysis) is 1. The third kappa shape index (κ3) is 9.16. The quantitative estimate of drug-likeness (QED) is 0.127. The standard InChI is InChI=1S/C37H43NO11/c1-9-16-46-25-13-10-22(11-14-25)18-26(38-36(41)49-37(2,3)4)35(40)48-28-19-23(12-15-27(28)42-5)17-24-21-47-29-20-30(43-6)33(44-7)34(45-8)31(29)32(24)39/h9-15,19-20,24,26H,1,16-18,21H2,2-8H3,(H,38,41)/t24?,26-/m0/s1. The van der Waals surface area contributed by atoms with Crippen molar-refractivity contribution in [2.24, 2.45) is 5.92 Å². The molecular formula is C37H43NO11. The van der Waals surface area contributed by atoms with Crippen LogP contribution in [0.5, 0.6) is 40.2 Å². The van der Waals surface area contributed by atoms with Crippen LogP contribution in [0.1, 0.15) is 42.3 Å². The van der Waals surface area contributed by atoms with Crippen LogP contribution in [0.3, 0.4) is 0 Å². The van der Waals surface area contributed by atoms with Crippen molar-refractivity contribution >= 4 is 17.8 Å². The highest BCUT2D eigenvalue weighted by Gasteiger charge is 2.36. The number of benzene rings is 3. The number of hydrogen-bond acceptors (Lipinski definition) is 11. The van der Waals surface area contributed by atoms with Crippen LogP contribution in [0.4, 0.5) is 4.79 Å². The first-order valence-electron chi connectivity index (χ1n) is 15.6. The van der Waals surface area contributed by atoms with Crippen molar-refractivity contribution < 1.29 is 52.3 Å². The van der Waals surface area contributed by atoms with Crippen LogP contribution in [-0.4, -0.2) is 71.1 Å². The smallest absolute Gasteiger partial charge is 0.408 e. The molecule has 12 heteroatoms. The number of carbonyl (C=O) groups is 3. The molecule has 0 radical (unpaired) electrons. The van der Waals surface area contributed by atoms with Gasteiger partial charge in [0.2, 0.25) is 5.75 Å². The molecule has 262 valence electrons. The zero-order valence-electron chi connectivity index (χ0n) is 28.9. The predicted octanol–water partition coefficient (Wildman–Crippen LogP) is 5.76. The summed E-state index contributed by atoms with van der Waals surface area (Å²) in [5, 5.41) is 2.64. The topological polar surface area (TPSA) is 137 Å². The van der Waals surface area contributed by atoms with Crippen LogP contribution in [0, 0.1) is 5.92 Å². The molecule has 1 aliphatic rings. The van der Waals surface area contributed by atoms with Gasteiger partial charge in [0.25, 0.3) is 0 Å². The van der Waals surface area contributed by atoms with Gasteiger partial charge in [-0.25, -0.2) is 9.59 Å². The van der Waals surface area contributed by atoms with E-state index in [4.69, 9.17) is 37.9 Å². The fourth-order valence-electron chi connectivity index (χ4n) is 5.25. The summed E-state index contributed by atoms with van der Waals surface area (Å²) in [6, 6.07) is 12.6. The van der Waals surface area contributed by atoms with Gasteiger partial charge in [0.05, 0.1) is 41.0 Å². The van der Waals surface area contributed by atoms with Crippen LogP contribution < -0.4 is 38.5 Å².